The van der Waals surface area contributed by atoms with Crippen molar-refractivity contribution in [1.29, 1.82) is 5.26 Å². The van der Waals surface area contributed by atoms with Gasteiger partial charge in [-0.2, -0.15) is 5.26 Å². The lowest BCUT2D eigenvalue weighted by Gasteiger charge is -2.40. The van der Waals surface area contributed by atoms with Crippen molar-refractivity contribution in [3.05, 3.63) is 0 Å². The standard InChI is InChI=1S/C14H24F2N2O/c1-2-3-11-4-5-12(9-17)13(8-11)18(6-7-19)10-14(15)16/h11-14,19H,2-8,10H2,1H3. The summed E-state index contributed by atoms with van der Waals surface area (Å²) in [5.74, 6) is 0.344. The minimum absolute atomic E-state index is 0.128. The van der Waals surface area contributed by atoms with Crippen LogP contribution >= 0.6 is 0 Å². The van der Waals surface area contributed by atoms with Gasteiger partial charge < -0.3 is 5.11 Å². The smallest absolute Gasteiger partial charge is 0.251 e. The molecule has 1 N–H and O–H groups in total. The molecule has 1 rings (SSSR count). The molecule has 110 valence electrons. The van der Waals surface area contributed by atoms with Gasteiger partial charge in [-0.15, -0.1) is 0 Å². The minimum atomic E-state index is -2.42. The second-order valence-corrected chi connectivity index (χ2v) is 5.38. The van der Waals surface area contributed by atoms with E-state index in [1.807, 2.05) is 0 Å². The second-order valence-electron chi connectivity index (χ2n) is 5.38. The monoisotopic (exact) mass is 274 g/mol. The van der Waals surface area contributed by atoms with E-state index < -0.39 is 6.43 Å². The molecule has 0 aromatic heterocycles. The molecule has 0 aliphatic heterocycles. The molecule has 3 unspecified atom stereocenters. The molecule has 0 spiro atoms. The number of aliphatic hydroxyl groups is 1. The maximum absolute atomic E-state index is 12.6. The van der Waals surface area contributed by atoms with Crippen molar-refractivity contribution in [3.8, 4) is 6.07 Å². The Bertz CT molecular complexity index is 294. The van der Waals surface area contributed by atoms with Gasteiger partial charge in [0.25, 0.3) is 6.43 Å². The number of halogens is 2. The number of nitrogens with zero attached hydrogens (tertiary/aromatic N) is 2. The van der Waals surface area contributed by atoms with E-state index in [0.717, 1.165) is 32.1 Å². The second kappa shape index (κ2) is 8.44. The predicted octanol–water partition coefficient (Wildman–Crippen LogP) is 2.65. The summed E-state index contributed by atoms with van der Waals surface area (Å²) in [6.45, 7) is 1.87. The maximum Gasteiger partial charge on any atom is 0.251 e. The Balaban J connectivity index is 2.72. The molecular weight excluding hydrogens is 250 g/mol. The van der Waals surface area contributed by atoms with Gasteiger partial charge in [0.1, 0.15) is 0 Å². The Morgan fingerprint density at radius 1 is 1.42 bits per heavy atom. The quantitative estimate of drug-likeness (QED) is 0.776. The summed E-state index contributed by atoms with van der Waals surface area (Å²) >= 11 is 0. The maximum atomic E-state index is 12.6. The number of rotatable bonds is 7. The highest BCUT2D eigenvalue weighted by atomic mass is 19.3. The van der Waals surface area contributed by atoms with Crippen molar-refractivity contribution in [3.63, 3.8) is 0 Å². The number of hydrogen-bond acceptors (Lipinski definition) is 3. The highest BCUT2D eigenvalue weighted by Gasteiger charge is 2.34. The van der Waals surface area contributed by atoms with E-state index in [-0.39, 0.29) is 31.7 Å². The topological polar surface area (TPSA) is 47.3 Å². The molecule has 0 bridgehead atoms. The first-order chi connectivity index (χ1) is 9.12. The van der Waals surface area contributed by atoms with E-state index in [2.05, 4.69) is 13.0 Å². The van der Waals surface area contributed by atoms with Gasteiger partial charge in [-0.1, -0.05) is 19.8 Å². The molecule has 3 atom stereocenters. The van der Waals surface area contributed by atoms with Crippen molar-refractivity contribution in [2.75, 3.05) is 19.7 Å². The van der Waals surface area contributed by atoms with Crippen molar-refractivity contribution in [1.82, 2.24) is 4.90 Å². The zero-order chi connectivity index (χ0) is 14.3. The first-order valence-electron chi connectivity index (χ1n) is 7.15. The average molecular weight is 274 g/mol. The highest BCUT2D eigenvalue weighted by molar-refractivity contribution is 4.97. The van der Waals surface area contributed by atoms with Crippen LogP contribution in [0.25, 0.3) is 0 Å². The summed E-state index contributed by atoms with van der Waals surface area (Å²) in [6, 6.07) is 2.13. The van der Waals surface area contributed by atoms with Gasteiger partial charge in [-0.3, -0.25) is 4.90 Å². The molecule has 1 aliphatic carbocycles. The summed E-state index contributed by atoms with van der Waals surface area (Å²) in [6.07, 6.45) is 2.37. The third kappa shape index (κ3) is 5.04. The largest absolute Gasteiger partial charge is 0.395 e. The Kier molecular flexibility index (Phi) is 7.25. The number of hydrogen-bond donors (Lipinski definition) is 1. The van der Waals surface area contributed by atoms with Crippen LogP contribution in [0.15, 0.2) is 0 Å². The first-order valence-corrected chi connectivity index (χ1v) is 7.15. The van der Waals surface area contributed by atoms with E-state index >= 15 is 0 Å². The fourth-order valence-corrected chi connectivity index (χ4v) is 3.15. The lowest BCUT2D eigenvalue weighted by Crippen LogP contribution is -2.47. The molecule has 1 fully saturated rings. The van der Waals surface area contributed by atoms with Gasteiger partial charge in [0.05, 0.1) is 25.1 Å². The summed E-state index contributed by atoms with van der Waals surface area (Å²) in [5.41, 5.74) is 0. The molecule has 0 amide bonds. The number of alkyl halides is 2. The van der Waals surface area contributed by atoms with E-state index in [4.69, 9.17) is 5.11 Å². The Morgan fingerprint density at radius 2 is 2.16 bits per heavy atom. The SMILES string of the molecule is CCCC1CCC(C#N)C(N(CCO)CC(F)F)C1. The molecular formula is C14H24F2N2O. The van der Waals surface area contributed by atoms with Crippen LogP contribution in [-0.4, -0.2) is 42.2 Å². The molecule has 0 aromatic carbocycles. The lowest BCUT2D eigenvalue weighted by atomic mass is 9.76. The molecule has 19 heavy (non-hydrogen) atoms. The fourth-order valence-electron chi connectivity index (χ4n) is 3.15. The van der Waals surface area contributed by atoms with Gasteiger partial charge in [0.15, 0.2) is 0 Å². The van der Waals surface area contributed by atoms with Crippen LogP contribution in [0.5, 0.6) is 0 Å². The summed E-state index contributed by atoms with van der Waals surface area (Å²) < 4.78 is 25.3. The zero-order valence-electron chi connectivity index (χ0n) is 11.6. The van der Waals surface area contributed by atoms with E-state index in [0.29, 0.717) is 5.92 Å². The number of nitriles is 1. The van der Waals surface area contributed by atoms with Gasteiger partial charge in [0, 0.05) is 12.6 Å². The Hall–Kier alpha value is -0.730. The van der Waals surface area contributed by atoms with E-state index in [1.165, 1.54) is 0 Å². The molecule has 3 nitrogen and oxygen atoms in total. The lowest BCUT2D eigenvalue weighted by molar-refractivity contribution is 0.0232. The zero-order valence-corrected chi connectivity index (χ0v) is 11.6. The van der Waals surface area contributed by atoms with Gasteiger partial charge >= 0.3 is 0 Å². The highest BCUT2D eigenvalue weighted by Crippen LogP contribution is 2.34. The van der Waals surface area contributed by atoms with Gasteiger partial charge in [0.2, 0.25) is 0 Å². The third-order valence-corrected chi connectivity index (χ3v) is 4.02. The van der Waals surface area contributed by atoms with Crippen LogP contribution in [0.3, 0.4) is 0 Å². The average Bonchev–Trinajstić information content (AvgIpc) is 2.38. The Morgan fingerprint density at radius 3 is 2.68 bits per heavy atom. The molecule has 1 saturated carbocycles. The summed E-state index contributed by atoms with van der Waals surface area (Å²) in [7, 11) is 0. The van der Waals surface area contributed by atoms with Gasteiger partial charge in [-0.05, 0) is 25.2 Å². The van der Waals surface area contributed by atoms with Crippen LogP contribution in [0, 0.1) is 23.2 Å². The molecule has 0 aromatic rings. The van der Waals surface area contributed by atoms with Crippen molar-refractivity contribution in [2.24, 2.45) is 11.8 Å². The van der Waals surface area contributed by atoms with Crippen LogP contribution in [-0.2, 0) is 0 Å². The summed E-state index contributed by atoms with van der Waals surface area (Å²) in [4.78, 5) is 1.61. The fraction of sp³-hybridized carbons (Fsp3) is 0.929. The third-order valence-electron chi connectivity index (χ3n) is 4.02. The molecule has 0 heterocycles. The van der Waals surface area contributed by atoms with E-state index in [1.54, 1.807) is 4.90 Å². The number of aliphatic hydroxyl groups excluding tert-OH is 1. The minimum Gasteiger partial charge on any atom is -0.395 e. The van der Waals surface area contributed by atoms with Crippen LogP contribution in [0.4, 0.5) is 8.78 Å². The molecule has 0 saturated heterocycles. The van der Waals surface area contributed by atoms with Crippen LogP contribution in [0.1, 0.15) is 39.0 Å². The van der Waals surface area contributed by atoms with Crippen LogP contribution < -0.4 is 0 Å². The van der Waals surface area contributed by atoms with Crippen molar-refractivity contribution in [2.45, 2.75) is 51.5 Å². The predicted molar refractivity (Wildman–Crippen MR) is 69.8 cm³/mol. The normalized spacial score (nSPS) is 27.7. The van der Waals surface area contributed by atoms with E-state index in [9.17, 15) is 14.0 Å². The molecule has 0 radical (unpaired) electrons. The first kappa shape index (κ1) is 16.3. The van der Waals surface area contributed by atoms with Crippen LogP contribution in [0.2, 0.25) is 0 Å². The Labute approximate surface area is 114 Å². The van der Waals surface area contributed by atoms with Crippen molar-refractivity contribution < 1.29 is 13.9 Å². The molecule has 5 heteroatoms. The van der Waals surface area contributed by atoms with Gasteiger partial charge in [-0.25, -0.2) is 8.78 Å². The molecule has 1 aliphatic rings. The summed E-state index contributed by atoms with van der Waals surface area (Å²) in [5, 5.41) is 18.2. The van der Waals surface area contributed by atoms with Crippen molar-refractivity contribution >= 4 is 0 Å².